The van der Waals surface area contributed by atoms with E-state index in [9.17, 15) is 0 Å². The molecule has 1 aliphatic rings. The number of hydrogen-bond acceptors (Lipinski definition) is 0. The fourth-order valence-electron chi connectivity index (χ4n) is 2.93. The van der Waals surface area contributed by atoms with Crippen molar-refractivity contribution in [1.29, 1.82) is 0 Å². The summed E-state index contributed by atoms with van der Waals surface area (Å²) < 4.78 is 0. The first-order valence-corrected chi connectivity index (χ1v) is 5.41. The molecule has 0 aromatic rings. The Morgan fingerprint density at radius 2 is 1.75 bits per heavy atom. The minimum absolute atomic E-state index is 0.604. The van der Waals surface area contributed by atoms with Gasteiger partial charge in [0.05, 0.1) is 0 Å². The van der Waals surface area contributed by atoms with Gasteiger partial charge in [0.2, 0.25) is 0 Å². The van der Waals surface area contributed by atoms with E-state index < -0.39 is 0 Å². The summed E-state index contributed by atoms with van der Waals surface area (Å²) in [5.41, 5.74) is 0.604. The van der Waals surface area contributed by atoms with Crippen molar-refractivity contribution in [2.75, 3.05) is 0 Å². The van der Waals surface area contributed by atoms with Gasteiger partial charge in [0, 0.05) is 0 Å². The molecule has 2 atom stereocenters. The van der Waals surface area contributed by atoms with E-state index >= 15 is 0 Å². The van der Waals surface area contributed by atoms with Crippen molar-refractivity contribution < 1.29 is 0 Å². The summed E-state index contributed by atoms with van der Waals surface area (Å²) in [4.78, 5) is 0. The predicted molar refractivity (Wildman–Crippen MR) is 55.1 cm³/mol. The van der Waals surface area contributed by atoms with Crippen molar-refractivity contribution in [3.63, 3.8) is 0 Å². The van der Waals surface area contributed by atoms with Crippen molar-refractivity contribution in [2.24, 2.45) is 23.2 Å². The minimum atomic E-state index is 0.604. The highest BCUT2D eigenvalue weighted by atomic mass is 14.4. The first kappa shape index (κ1) is 10.1. The molecule has 0 unspecified atom stereocenters. The van der Waals surface area contributed by atoms with Gasteiger partial charge in [-0.1, -0.05) is 34.6 Å². The van der Waals surface area contributed by atoms with Gasteiger partial charge in [-0.15, -0.1) is 0 Å². The van der Waals surface area contributed by atoms with E-state index in [1.54, 1.807) is 0 Å². The van der Waals surface area contributed by atoms with Crippen LogP contribution in [0.2, 0.25) is 0 Å². The van der Waals surface area contributed by atoms with Crippen LogP contribution >= 0.6 is 0 Å². The van der Waals surface area contributed by atoms with Gasteiger partial charge in [0.25, 0.3) is 0 Å². The van der Waals surface area contributed by atoms with Gasteiger partial charge < -0.3 is 0 Å². The summed E-state index contributed by atoms with van der Waals surface area (Å²) in [6, 6.07) is 0. The highest BCUT2D eigenvalue weighted by Crippen LogP contribution is 2.44. The lowest BCUT2D eigenvalue weighted by atomic mass is 9.65. The fraction of sp³-hybridized carbons (Fsp3) is 1.00. The highest BCUT2D eigenvalue weighted by Gasteiger charge is 2.32. The third kappa shape index (κ3) is 2.50. The number of hydrogen-bond donors (Lipinski definition) is 0. The molecule has 0 heterocycles. The minimum Gasteiger partial charge on any atom is -0.0625 e. The van der Waals surface area contributed by atoms with Gasteiger partial charge in [-0.3, -0.25) is 0 Å². The third-order valence-electron chi connectivity index (χ3n) is 3.36. The Morgan fingerprint density at radius 1 is 1.17 bits per heavy atom. The van der Waals surface area contributed by atoms with Crippen LogP contribution in [0.5, 0.6) is 0 Å². The van der Waals surface area contributed by atoms with Crippen LogP contribution in [0.15, 0.2) is 0 Å². The maximum Gasteiger partial charge on any atom is -0.0349 e. The van der Waals surface area contributed by atoms with Crippen molar-refractivity contribution in [3.8, 4) is 0 Å². The lowest BCUT2D eigenvalue weighted by Crippen LogP contribution is -2.30. The monoisotopic (exact) mass is 168 g/mol. The van der Waals surface area contributed by atoms with Crippen molar-refractivity contribution in [3.05, 3.63) is 0 Å². The van der Waals surface area contributed by atoms with Crippen molar-refractivity contribution in [2.45, 2.75) is 53.9 Å². The predicted octanol–water partition coefficient (Wildman–Crippen LogP) is 4.10. The average Bonchev–Trinajstić information content (AvgIpc) is 1.82. The smallest absolute Gasteiger partial charge is 0.0349 e. The van der Waals surface area contributed by atoms with Gasteiger partial charge in [0.15, 0.2) is 0 Å². The molecule has 0 spiro atoms. The molecule has 0 aromatic carbocycles. The van der Waals surface area contributed by atoms with E-state index in [-0.39, 0.29) is 0 Å². The molecular weight excluding hydrogens is 144 g/mol. The van der Waals surface area contributed by atoms with Gasteiger partial charge in [-0.2, -0.15) is 0 Å². The Labute approximate surface area is 77.7 Å². The first-order chi connectivity index (χ1) is 5.41. The Morgan fingerprint density at radius 3 is 2.17 bits per heavy atom. The van der Waals surface area contributed by atoms with E-state index in [0.717, 1.165) is 17.8 Å². The molecule has 0 heteroatoms. The van der Waals surface area contributed by atoms with E-state index in [4.69, 9.17) is 0 Å². The molecule has 0 aromatic heterocycles. The summed E-state index contributed by atoms with van der Waals surface area (Å²) in [5.74, 6) is 2.80. The molecule has 0 radical (unpaired) electrons. The topological polar surface area (TPSA) is 0 Å². The molecule has 12 heavy (non-hydrogen) atoms. The second-order valence-electron chi connectivity index (χ2n) is 5.92. The standard InChI is InChI=1S/C12H24/c1-9(2)11-6-10(3)7-12(4,5)8-11/h9-11H,6-8H2,1-5H3/t10-,11-/m1/s1. The van der Waals surface area contributed by atoms with Crippen LogP contribution in [-0.2, 0) is 0 Å². The molecule has 0 bridgehead atoms. The zero-order valence-electron chi connectivity index (χ0n) is 9.35. The summed E-state index contributed by atoms with van der Waals surface area (Å²) in [7, 11) is 0. The summed E-state index contributed by atoms with van der Waals surface area (Å²) in [6.07, 6.45) is 4.33. The average molecular weight is 168 g/mol. The maximum absolute atomic E-state index is 2.43. The summed E-state index contributed by atoms with van der Waals surface area (Å²) >= 11 is 0. The molecule has 1 saturated carbocycles. The molecule has 0 amide bonds. The summed E-state index contributed by atoms with van der Waals surface area (Å²) in [5, 5.41) is 0. The maximum atomic E-state index is 2.43. The van der Waals surface area contributed by atoms with Crippen LogP contribution in [0.1, 0.15) is 53.9 Å². The quantitative estimate of drug-likeness (QED) is 0.553. The molecule has 0 aliphatic heterocycles. The fourth-order valence-corrected chi connectivity index (χ4v) is 2.93. The lowest BCUT2D eigenvalue weighted by molar-refractivity contribution is 0.105. The summed E-state index contributed by atoms with van der Waals surface area (Å²) in [6.45, 7) is 12.0. The van der Waals surface area contributed by atoms with Crippen LogP contribution in [0.4, 0.5) is 0 Å². The molecule has 0 saturated heterocycles. The molecular formula is C12H24. The second kappa shape index (κ2) is 3.40. The van der Waals surface area contributed by atoms with Crippen LogP contribution in [0, 0.1) is 23.2 Å². The van der Waals surface area contributed by atoms with Gasteiger partial charge >= 0.3 is 0 Å². The molecule has 72 valence electrons. The van der Waals surface area contributed by atoms with E-state index in [2.05, 4.69) is 34.6 Å². The molecule has 1 rings (SSSR count). The van der Waals surface area contributed by atoms with Crippen LogP contribution in [0.25, 0.3) is 0 Å². The van der Waals surface area contributed by atoms with E-state index in [1.807, 2.05) is 0 Å². The van der Waals surface area contributed by atoms with Crippen LogP contribution in [-0.4, -0.2) is 0 Å². The Balaban J connectivity index is 2.58. The zero-order chi connectivity index (χ0) is 9.35. The molecule has 1 aliphatic carbocycles. The SMILES string of the molecule is CC(C)[C@@H]1C[C@@H](C)CC(C)(C)C1. The third-order valence-corrected chi connectivity index (χ3v) is 3.36. The Bertz CT molecular complexity index is 144. The largest absolute Gasteiger partial charge is 0.0625 e. The highest BCUT2D eigenvalue weighted by molar-refractivity contribution is 4.83. The normalized spacial score (nSPS) is 35.5. The molecule has 0 N–H and O–H groups in total. The van der Waals surface area contributed by atoms with Crippen LogP contribution in [0.3, 0.4) is 0 Å². The van der Waals surface area contributed by atoms with Crippen molar-refractivity contribution in [1.82, 2.24) is 0 Å². The lowest BCUT2D eigenvalue weighted by Gasteiger charge is -2.40. The van der Waals surface area contributed by atoms with Crippen molar-refractivity contribution >= 4 is 0 Å². The Hall–Kier alpha value is 0. The number of rotatable bonds is 1. The van der Waals surface area contributed by atoms with E-state index in [1.165, 1.54) is 19.3 Å². The Kier molecular flexibility index (Phi) is 2.85. The molecule has 1 fully saturated rings. The van der Waals surface area contributed by atoms with Crippen LogP contribution < -0.4 is 0 Å². The molecule has 0 nitrogen and oxygen atoms in total. The zero-order valence-corrected chi connectivity index (χ0v) is 9.35. The first-order valence-electron chi connectivity index (χ1n) is 5.41. The van der Waals surface area contributed by atoms with Gasteiger partial charge in [-0.25, -0.2) is 0 Å². The second-order valence-corrected chi connectivity index (χ2v) is 5.92. The van der Waals surface area contributed by atoms with Gasteiger partial charge in [-0.05, 0) is 42.4 Å². The van der Waals surface area contributed by atoms with Gasteiger partial charge in [0.1, 0.15) is 0 Å². The van der Waals surface area contributed by atoms with E-state index in [0.29, 0.717) is 5.41 Å².